The summed E-state index contributed by atoms with van der Waals surface area (Å²) in [4.78, 5) is 28.5. The number of amides is 1. The lowest BCUT2D eigenvalue weighted by atomic mass is 10.0. The van der Waals surface area contributed by atoms with Crippen LogP contribution >= 0.6 is 24.4 Å². The second-order valence-corrected chi connectivity index (χ2v) is 9.31. The van der Waals surface area contributed by atoms with Crippen molar-refractivity contribution in [2.45, 2.75) is 18.5 Å². The third-order valence-electron chi connectivity index (χ3n) is 5.28. The van der Waals surface area contributed by atoms with Gasteiger partial charge in [-0.1, -0.05) is 36.4 Å². The van der Waals surface area contributed by atoms with Gasteiger partial charge in [-0.15, -0.1) is 0 Å². The van der Waals surface area contributed by atoms with Gasteiger partial charge in [0.1, 0.15) is 6.04 Å². The Morgan fingerprint density at radius 3 is 2.66 bits per heavy atom. The molecule has 2 aromatic carbocycles. The van der Waals surface area contributed by atoms with Crippen LogP contribution in [0, 0.1) is 0 Å². The number of carbonyl (C=O) groups is 2. The Kier molecular flexibility index (Phi) is 10.1. The molecule has 0 bridgehead atoms. The van der Waals surface area contributed by atoms with Crippen LogP contribution in [-0.4, -0.2) is 65.0 Å². The quantitative estimate of drug-likeness (QED) is 0.220. The number of carboxylic acid groups (broad SMARTS) is 1. The SMILES string of the molecule is CSCC[C@H](NC(=O)COc1nc(-c2ccc3ccccc3c2)ccc1NCC(N)CS)C(=O)O. The minimum atomic E-state index is -1.08. The summed E-state index contributed by atoms with van der Waals surface area (Å²) >= 11 is 5.72. The molecule has 0 spiro atoms. The molecular formula is C25H30N4O4S2. The van der Waals surface area contributed by atoms with E-state index in [-0.39, 0.29) is 18.5 Å². The number of anilines is 1. The summed E-state index contributed by atoms with van der Waals surface area (Å²) in [6.45, 7) is 0.0728. The summed E-state index contributed by atoms with van der Waals surface area (Å²) in [5.74, 6) is -0.261. The topological polar surface area (TPSA) is 127 Å². The number of thiol groups is 1. The van der Waals surface area contributed by atoms with E-state index in [4.69, 9.17) is 10.5 Å². The van der Waals surface area contributed by atoms with Crippen LogP contribution in [0.25, 0.3) is 22.0 Å². The molecule has 1 heterocycles. The first-order chi connectivity index (χ1) is 16.9. The summed E-state index contributed by atoms with van der Waals surface area (Å²) in [6.07, 6.45) is 2.21. The third kappa shape index (κ3) is 7.78. The molecule has 3 aromatic rings. The van der Waals surface area contributed by atoms with Crippen LogP contribution in [0.5, 0.6) is 5.88 Å². The highest BCUT2D eigenvalue weighted by molar-refractivity contribution is 7.98. The fraction of sp³-hybridized carbons (Fsp3) is 0.320. The zero-order valence-electron chi connectivity index (χ0n) is 19.4. The Labute approximate surface area is 214 Å². The van der Waals surface area contributed by atoms with Crippen LogP contribution in [0.15, 0.2) is 54.6 Å². The molecule has 0 radical (unpaired) electrons. The van der Waals surface area contributed by atoms with E-state index in [1.165, 1.54) is 11.8 Å². The van der Waals surface area contributed by atoms with Gasteiger partial charge in [0.2, 0.25) is 5.88 Å². The van der Waals surface area contributed by atoms with Crippen LogP contribution in [0.4, 0.5) is 5.69 Å². The van der Waals surface area contributed by atoms with Gasteiger partial charge in [-0.25, -0.2) is 9.78 Å². The Bertz CT molecular complexity index is 1160. The smallest absolute Gasteiger partial charge is 0.326 e. The van der Waals surface area contributed by atoms with Gasteiger partial charge in [0.05, 0.1) is 11.4 Å². The number of fused-ring (bicyclic) bond motifs is 1. The molecule has 10 heteroatoms. The Morgan fingerprint density at radius 2 is 1.94 bits per heavy atom. The summed E-state index contributed by atoms with van der Waals surface area (Å²) in [6, 6.07) is 16.6. The normalized spacial score (nSPS) is 12.7. The highest BCUT2D eigenvalue weighted by atomic mass is 32.2. The molecule has 3 rings (SSSR count). The van der Waals surface area contributed by atoms with Gasteiger partial charge in [-0.2, -0.15) is 24.4 Å². The van der Waals surface area contributed by atoms with Gasteiger partial charge < -0.3 is 26.2 Å². The lowest BCUT2D eigenvalue weighted by Crippen LogP contribution is -2.43. The molecule has 35 heavy (non-hydrogen) atoms. The zero-order valence-corrected chi connectivity index (χ0v) is 21.1. The van der Waals surface area contributed by atoms with Crippen molar-refractivity contribution in [3.05, 3.63) is 54.6 Å². The number of rotatable bonds is 13. The molecule has 0 aliphatic carbocycles. The molecule has 2 atom stereocenters. The number of thioether (sulfide) groups is 1. The third-order valence-corrected chi connectivity index (χ3v) is 6.39. The van der Waals surface area contributed by atoms with Crippen molar-refractivity contribution in [3.63, 3.8) is 0 Å². The molecule has 0 aliphatic rings. The molecule has 0 saturated heterocycles. The van der Waals surface area contributed by atoms with E-state index >= 15 is 0 Å². The van der Waals surface area contributed by atoms with E-state index in [9.17, 15) is 14.7 Å². The van der Waals surface area contributed by atoms with Crippen LogP contribution < -0.4 is 21.1 Å². The Morgan fingerprint density at radius 1 is 1.17 bits per heavy atom. The number of ether oxygens (including phenoxy) is 1. The van der Waals surface area contributed by atoms with Crippen molar-refractivity contribution in [2.24, 2.45) is 5.73 Å². The first-order valence-corrected chi connectivity index (χ1v) is 13.2. The number of aromatic nitrogens is 1. The van der Waals surface area contributed by atoms with E-state index in [1.54, 1.807) is 0 Å². The van der Waals surface area contributed by atoms with Gasteiger partial charge in [0, 0.05) is 23.9 Å². The predicted octanol–water partition coefficient (Wildman–Crippen LogP) is 3.27. The molecular weight excluding hydrogens is 484 g/mol. The number of benzene rings is 2. The maximum absolute atomic E-state index is 12.4. The Hall–Kier alpha value is -2.95. The van der Waals surface area contributed by atoms with Crippen LogP contribution in [0.3, 0.4) is 0 Å². The molecule has 1 unspecified atom stereocenters. The fourth-order valence-electron chi connectivity index (χ4n) is 3.36. The average molecular weight is 515 g/mol. The highest BCUT2D eigenvalue weighted by Gasteiger charge is 2.20. The number of nitrogens with zero attached hydrogens (tertiary/aromatic N) is 1. The minimum absolute atomic E-state index is 0.178. The summed E-state index contributed by atoms with van der Waals surface area (Å²) in [5, 5.41) is 17.3. The van der Waals surface area contributed by atoms with Crippen molar-refractivity contribution < 1.29 is 19.4 Å². The van der Waals surface area contributed by atoms with E-state index in [2.05, 4.69) is 28.2 Å². The van der Waals surface area contributed by atoms with Gasteiger partial charge >= 0.3 is 5.97 Å². The van der Waals surface area contributed by atoms with Gasteiger partial charge in [-0.3, -0.25) is 4.79 Å². The molecule has 8 nitrogen and oxygen atoms in total. The number of aliphatic carboxylic acids is 1. The molecule has 1 amide bonds. The van der Waals surface area contributed by atoms with Crippen LogP contribution in [0.2, 0.25) is 0 Å². The highest BCUT2D eigenvalue weighted by Crippen LogP contribution is 2.29. The van der Waals surface area contributed by atoms with E-state index in [1.807, 2.05) is 60.9 Å². The lowest BCUT2D eigenvalue weighted by Gasteiger charge is -2.17. The standard InChI is InChI=1S/C25H30N4O4S2/c1-35-11-10-22(25(31)32)28-23(30)14-33-24-21(27-13-19(26)15-34)9-8-20(29-24)18-7-6-16-4-2-3-5-17(16)12-18/h2-9,12,19,22,27,34H,10-11,13-15,26H2,1H3,(H,28,30)(H,31,32)/t19?,22-/m0/s1. The van der Waals surface area contributed by atoms with E-state index < -0.39 is 17.9 Å². The number of nitrogens with two attached hydrogens (primary N) is 1. The van der Waals surface area contributed by atoms with E-state index in [0.29, 0.717) is 35.9 Å². The predicted molar refractivity (Wildman–Crippen MR) is 146 cm³/mol. The molecule has 5 N–H and O–H groups in total. The average Bonchev–Trinajstić information content (AvgIpc) is 2.88. The monoisotopic (exact) mass is 514 g/mol. The molecule has 0 aliphatic heterocycles. The number of carbonyl (C=O) groups excluding carboxylic acids is 1. The maximum atomic E-state index is 12.4. The van der Waals surface area contributed by atoms with Gasteiger partial charge in [-0.05, 0) is 47.4 Å². The summed E-state index contributed by atoms with van der Waals surface area (Å²) < 4.78 is 5.76. The number of hydrogen-bond donors (Lipinski definition) is 5. The van der Waals surface area contributed by atoms with E-state index in [0.717, 1.165) is 16.3 Å². The maximum Gasteiger partial charge on any atom is 0.326 e. The second-order valence-electron chi connectivity index (χ2n) is 7.96. The first kappa shape index (κ1) is 26.7. The Balaban J connectivity index is 1.80. The number of carboxylic acids is 1. The first-order valence-electron chi connectivity index (χ1n) is 11.2. The minimum Gasteiger partial charge on any atom is -0.480 e. The van der Waals surface area contributed by atoms with Crippen LogP contribution in [0.1, 0.15) is 6.42 Å². The molecule has 186 valence electrons. The number of nitrogens with one attached hydrogen (secondary N) is 2. The van der Waals surface area contributed by atoms with Crippen molar-refractivity contribution in [1.82, 2.24) is 10.3 Å². The fourth-order valence-corrected chi connectivity index (χ4v) is 3.96. The second kappa shape index (κ2) is 13.2. The van der Waals surface area contributed by atoms with Crippen LogP contribution in [-0.2, 0) is 9.59 Å². The molecule has 0 saturated carbocycles. The lowest BCUT2D eigenvalue weighted by molar-refractivity contribution is -0.142. The summed E-state index contributed by atoms with van der Waals surface area (Å²) in [7, 11) is 0. The van der Waals surface area contributed by atoms with Crippen molar-refractivity contribution >= 4 is 52.7 Å². The summed E-state index contributed by atoms with van der Waals surface area (Å²) in [5.41, 5.74) is 8.13. The zero-order chi connectivity index (χ0) is 25.2. The van der Waals surface area contributed by atoms with Gasteiger partial charge in [0.25, 0.3) is 5.91 Å². The number of pyridine rings is 1. The largest absolute Gasteiger partial charge is 0.480 e. The number of hydrogen-bond acceptors (Lipinski definition) is 8. The van der Waals surface area contributed by atoms with Gasteiger partial charge in [0.15, 0.2) is 6.61 Å². The molecule has 1 aromatic heterocycles. The molecule has 0 fully saturated rings. The van der Waals surface area contributed by atoms with Crippen molar-refractivity contribution in [2.75, 3.05) is 36.2 Å². The van der Waals surface area contributed by atoms with Crippen molar-refractivity contribution in [3.8, 4) is 17.1 Å². The van der Waals surface area contributed by atoms with Crippen molar-refractivity contribution in [1.29, 1.82) is 0 Å².